The molecular formula is C8H8BF4KO. The van der Waals surface area contributed by atoms with E-state index in [0.717, 1.165) is 18.2 Å². The maximum atomic E-state index is 12.6. The second-order valence-corrected chi connectivity index (χ2v) is 2.87. The number of hydrogen-bond donors (Lipinski definition) is 0. The summed E-state index contributed by atoms with van der Waals surface area (Å²) in [7, 11) is 1.21. The molecule has 0 aliphatic heterocycles. The maximum Gasteiger partial charge on any atom is 1.00 e. The van der Waals surface area contributed by atoms with Crippen molar-refractivity contribution in [2.24, 2.45) is 0 Å². The second kappa shape index (κ2) is 6.24. The molecule has 0 saturated heterocycles. The van der Waals surface area contributed by atoms with Crippen LogP contribution < -0.4 is 56.1 Å². The fourth-order valence-electron chi connectivity index (χ4n) is 1.14. The molecule has 0 atom stereocenters. The van der Waals surface area contributed by atoms with Crippen LogP contribution >= 0.6 is 0 Å². The molecule has 1 aromatic rings. The molecule has 0 N–H and O–H groups in total. The Labute approximate surface area is 128 Å². The van der Waals surface area contributed by atoms with E-state index < -0.39 is 19.1 Å². The Balaban J connectivity index is 0.00000196. The SMILES string of the molecule is COc1cc(F)ccc1C[B-](F)(F)F.[K+]. The van der Waals surface area contributed by atoms with Gasteiger partial charge in [-0.1, -0.05) is 12.4 Å². The number of halogens is 4. The summed E-state index contributed by atoms with van der Waals surface area (Å²) < 4.78 is 53.5. The van der Waals surface area contributed by atoms with Crippen molar-refractivity contribution in [2.45, 2.75) is 6.32 Å². The minimum absolute atomic E-state index is 0. The van der Waals surface area contributed by atoms with Crippen molar-refractivity contribution in [3.63, 3.8) is 0 Å². The molecule has 0 radical (unpaired) electrons. The Morgan fingerprint density at radius 1 is 1.27 bits per heavy atom. The van der Waals surface area contributed by atoms with Gasteiger partial charge in [-0.05, 0) is 11.6 Å². The molecule has 0 aliphatic rings. The summed E-state index contributed by atoms with van der Waals surface area (Å²) in [6.45, 7) is -4.92. The van der Waals surface area contributed by atoms with E-state index in [1.54, 1.807) is 0 Å². The summed E-state index contributed by atoms with van der Waals surface area (Å²) in [6.07, 6.45) is -1.05. The molecular weight excluding hydrogens is 238 g/mol. The van der Waals surface area contributed by atoms with Crippen molar-refractivity contribution in [2.75, 3.05) is 7.11 Å². The normalized spacial score (nSPS) is 10.7. The molecule has 7 heteroatoms. The van der Waals surface area contributed by atoms with Gasteiger partial charge in [-0.15, -0.1) is 0 Å². The van der Waals surface area contributed by atoms with Gasteiger partial charge in [0.15, 0.2) is 0 Å². The number of hydrogen-bond acceptors (Lipinski definition) is 1. The van der Waals surface area contributed by atoms with E-state index in [1.807, 2.05) is 0 Å². The van der Waals surface area contributed by atoms with Crippen LogP contribution in [0.1, 0.15) is 5.56 Å². The molecule has 0 spiro atoms. The Morgan fingerprint density at radius 3 is 2.33 bits per heavy atom. The van der Waals surface area contributed by atoms with Gasteiger partial charge in [0.2, 0.25) is 0 Å². The third-order valence-electron chi connectivity index (χ3n) is 1.70. The van der Waals surface area contributed by atoms with E-state index >= 15 is 0 Å². The fraction of sp³-hybridized carbons (Fsp3) is 0.250. The van der Waals surface area contributed by atoms with Crippen LogP contribution in [0.3, 0.4) is 0 Å². The van der Waals surface area contributed by atoms with Gasteiger partial charge in [0.25, 0.3) is 0 Å². The van der Waals surface area contributed by atoms with Gasteiger partial charge in [-0.25, -0.2) is 4.39 Å². The predicted octanol–water partition coefficient (Wildman–Crippen LogP) is -0.233. The molecule has 1 aromatic carbocycles. The first-order valence-corrected chi connectivity index (χ1v) is 3.96. The molecule has 0 saturated carbocycles. The summed E-state index contributed by atoms with van der Waals surface area (Å²) in [6, 6.07) is 3.01. The Bertz CT molecular complexity index is 329. The number of benzene rings is 1. The standard InChI is InChI=1S/C8H8BF4O.K/c1-14-8-4-7(10)3-2-6(8)5-9(11,12)13;/h2-4H,5H2,1H3;/q-1;+1. The van der Waals surface area contributed by atoms with E-state index in [4.69, 9.17) is 0 Å². The fourth-order valence-corrected chi connectivity index (χ4v) is 1.14. The summed E-state index contributed by atoms with van der Waals surface area (Å²) in [5.74, 6) is -0.676. The first-order valence-electron chi connectivity index (χ1n) is 3.96. The molecule has 1 rings (SSSR count). The quantitative estimate of drug-likeness (QED) is 0.528. The van der Waals surface area contributed by atoms with Crippen molar-refractivity contribution in [1.29, 1.82) is 0 Å². The number of rotatable bonds is 3. The molecule has 0 aliphatic carbocycles. The molecule has 15 heavy (non-hydrogen) atoms. The van der Waals surface area contributed by atoms with Gasteiger partial charge in [-0.2, -0.15) is 0 Å². The number of methoxy groups -OCH3 is 1. The molecule has 0 amide bonds. The van der Waals surface area contributed by atoms with Crippen molar-refractivity contribution in [3.8, 4) is 5.75 Å². The molecule has 0 heterocycles. The predicted molar refractivity (Wildman–Crippen MR) is 45.7 cm³/mol. The van der Waals surface area contributed by atoms with E-state index in [1.165, 1.54) is 7.11 Å². The number of ether oxygens (including phenoxy) is 1. The molecule has 78 valence electrons. The van der Waals surface area contributed by atoms with Gasteiger partial charge in [0.1, 0.15) is 11.6 Å². The smallest absolute Gasteiger partial charge is 0.496 e. The van der Waals surface area contributed by atoms with Crippen LogP contribution in [-0.4, -0.2) is 14.1 Å². The van der Waals surface area contributed by atoms with Crippen molar-refractivity contribution >= 4 is 6.98 Å². The summed E-state index contributed by atoms with van der Waals surface area (Å²) in [4.78, 5) is 0. The zero-order valence-electron chi connectivity index (χ0n) is 8.44. The Hall–Kier alpha value is 0.441. The third kappa shape index (κ3) is 5.35. The average molecular weight is 246 g/mol. The van der Waals surface area contributed by atoms with E-state index in [2.05, 4.69) is 4.74 Å². The Kier molecular flexibility index (Phi) is 6.43. The average Bonchev–Trinajstić information content (AvgIpc) is 2.06. The first-order chi connectivity index (χ1) is 6.42. The van der Waals surface area contributed by atoms with E-state index in [-0.39, 0.29) is 62.7 Å². The van der Waals surface area contributed by atoms with Crippen LogP contribution in [0.15, 0.2) is 18.2 Å². The van der Waals surface area contributed by atoms with Crippen molar-refractivity contribution < 1.29 is 73.5 Å². The maximum absolute atomic E-state index is 12.6. The van der Waals surface area contributed by atoms with Crippen LogP contribution in [0.4, 0.5) is 17.3 Å². The molecule has 0 bridgehead atoms. The monoisotopic (exact) mass is 246 g/mol. The zero-order valence-corrected chi connectivity index (χ0v) is 11.6. The van der Waals surface area contributed by atoms with Gasteiger partial charge in [-0.3, -0.25) is 0 Å². The minimum Gasteiger partial charge on any atom is -0.496 e. The molecule has 0 fully saturated rings. The van der Waals surface area contributed by atoms with Gasteiger partial charge < -0.3 is 17.7 Å². The van der Waals surface area contributed by atoms with E-state index in [0.29, 0.717) is 0 Å². The van der Waals surface area contributed by atoms with Gasteiger partial charge >= 0.3 is 58.4 Å². The van der Waals surface area contributed by atoms with Crippen LogP contribution in [0.5, 0.6) is 5.75 Å². The van der Waals surface area contributed by atoms with Crippen LogP contribution in [0.25, 0.3) is 0 Å². The van der Waals surface area contributed by atoms with Crippen molar-refractivity contribution in [1.82, 2.24) is 0 Å². The summed E-state index contributed by atoms with van der Waals surface area (Å²) >= 11 is 0. The molecule has 0 unspecified atom stereocenters. The third-order valence-corrected chi connectivity index (χ3v) is 1.70. The Morgan fingerprint density at radius 2 is 1.87 bits per heavy atom. The van der Waals surface area contributed by atoms with E-state index in [9.17, 15) is 17.3 Å². The summed E-state index contributed by atoms with van der Waals surface area (Å²) in [5, 5.41) is 0. The van der Waals surface area contributed by atoms with Gasteiger partial charge in [0, 0.05) is 6.07 Å². The zero-order chi connectivity index (χ0) is 10.8. The van der Waals surface area contributed by atoms with Crippen LogP contribution in [0.2, 0.25) is 0 Å². The van der Waals surface area contributed by atoms with Gasteiger partial charge in [0.05, 0.1) is 7.11 Å². The largest absolute Gasteiger partial charge is 1.00 e. The summed E-state index contributed by atoms with van der Waals surface area (Å²) in [5.41, 5.74) is -0.0404. The van der Waals surface area contributed by atoms with Crippen LogP contribution in [-0.2, 0) is 6.32 Å². The molecule has 1 nitrogen and oxygen atoms in total. The molecule has 0 aromatic heterocycles. The second-order valence-electron chi connectivity index (χ2n) is 2.87. The topological polar surface area (TPSA) is 9.23 Å². The minimum atomic E-state index is -4.92. The first kappa shape index (κ1) is 15.4. The van der Waals surface area contributed by atoms with Crippen molar-refractivity contribution in [3.05, 3.63) is 29.6 Å². The van der Waals surface area contributed by atoms with Crippen LogP contribution in [0, 0.1) is 5.82 Å².